The average molecular weight is 390 g/mol. The predicted molar refractivity (Wildman–Crippen MR) is 95.6 cm³/mol. The molecule has 162 valence electrons. The van der Waals surface area contributed by atoms with Crippen LogP contribution in [0.3, 0.4) is 0 Å². The van der Waals surface area contributed by atoms with E-state index in [0.29, 0.717) is 6.42 Å². The standard InChI is InChI=1S/C10H20O4.3C2H6O2/c11-8-9(12)6-4-2-1-3-5-7-10(13)14;3*3-1-2-4/h9,11-12H,1-8H2,(H,13,14);3*3-4H,1-2H2. The second-order valence-corrected chi connectivity index (χ2v) is 4.88. The third-order valence-corrected chi connectivity index (χ3v) is 2.44. The molecule has 1 atom stereocenters. The van der Waals surface area contributed by atoms with Gasteiger partial charge in [-0.15, -0.1) is 0 Å². The van der Waals surface area contributed by atoms with Crippen LogP contribution in [-0.4, -0.2) is 104 Å². The summed E-state index contributed by atoms with van der Waals surface area (Å²) in [6, 6.07) is 0. The smallest absolute Gasteiger partial charge is 0.303 e. The molecule has 10 heteroatoms. The van der Waals surface area contributed by atoms with Crippen LogP contribution in [0.2, 0.25) is 0 Å². The van der Waals surface area contributed by atoms with Crippen molar-refractivity contribution >= 4 is 5.97 Å². The van der Waals surface area contributed by atoms with Gasteiger partial charge in [-0.3, -0.25) is 4.79 Å². The molecule has 10 nitrogen and oxygen atoms in total. The Balaban J connectivity index is -0.000000164. The van der Waals surface area contributed by atoms with Gasteiger partial charge in [-0.25, -0.2) is 0 Å². The Labute approximate surface area is 155 Å². The first kappa shape index (κ1) is 32.8. The molecule has 0 saturated heterocycles. The first-order valence-corrected chi connectivity index (χ1v) is 8.57. The topological polar surface area (TPSA) is 199 Å². The van der Waals surface area contributed by atoms with Gasteiger partial charge in [0, 0.05) is 6.42 Å². The summed E-state index contributed by atoms with van der Waals surface area (Å²) >= 11 is 0. The van der Waals surface area contributed by atoms with Gasteiger partial charge in [-0.1, -0.05) is 25.7 Å². The number of aliphatic carboxylic acids is 1. The van der Waals surface area contributed by atoms with Crippen molar-refractivity contribution in [3.8, 4) is 0 Å². The van der Waals surface area contributed by atoms with E-state index in [0.717, 1.165) is 32.1 Å². The molecule has 0 aromatic rings. The van der Waals surface area contributed by atoms with Crippen molar-refractivity contribution in [3.05, 3.63) is 0 Å². The normalized spacial score (nSPS) is 10.3. The first-order valence-electron chi connectivity index (χ1n) is 8.57. The lowest BCUT2D eigenvalue weighted by molar-refractivity contribution is -0.137. The van der Waals surface area contributed by atoms with Gasteiger partial charge in [0.05, 0.1) is 52.4 Å². The minimum absolute atomic E-state index is 0.125. The zero-order chi connectivity index (χ0) is 21.1. The molecular weight excluding hydrogens is 352 g/mol. The van der Waals surface area contributed by atoms with Gasteiger partial charge < -0.3 is 46.0 Å². The van der Waals surface area contributed by atoms with Crippen molar-refractivity contribution < 1.29 is 50.8 Å². The molecule has 0 aliphatic heterocycles. The third kappa shape index (κ3) is 56.7. The molecule has 0 rings (SSSR count). The molecule has 0 radical (unpaired) electrons. The molecule has 0 bridgehead atoms. The summed E-state index contributed by atoms with van der Waals surface area (Å²) in [6.45, 7) is -0.918. The van der Waals surface area contributed by atoms with Crippen LogP contribution < -0.4 is 0 Å². The highest BCUT2D eigenvalue weighted by molar-refractivity contribution is 5.66. The summed E-state index contributed by atoms with van der Waals surface area (Å²) in [5, 5.41) is 71.6. The summed E-state index contributed by atoms with van der Waals surface area (Å²) in [5.74, 6) is -0.735. The Morgan fingerprint density at radius 3 is 1.27 bits per heavy atom. The number of aliphatic hydroxyl groups is 8. The summed E-state index contributed by atoms with van der Waals surface area (Å²) in [6.07, 6.45) is 4.86. The third-order valence-electron chi connectivity index (χ3n) is 2.44. The van der Waals surface area contributed by atoms with Gasteiger partial charge in [0.1, 0.15) is 0 Å². The van der Waals surface area contributed by atoms with E-state index in [1.165, 1.54) is 0 Å². The fourth-order valence-corrected chi connectivity index (χ4v) is 1.28. The molecule has 0 aromatic carbocycles. The molecule has 0 aliphatic carbocycles. The number of unbranched alkanes of at least 4 members (excludes halogenated alkanes) is 4. The van der Waals surface area contributed by atoms with E-state index in [2.05, 4.69) is 0 Å². The van der Waals surface area contributed by atoms with Crippen LogP contribution in [0.15, 0.2) is 0 Å². The van der Waals surface area contributed by atoms with Crippen LogP contribution >= 0.6 is 0 Å². The van der Waals surface area contributed by atoms with Crippen molar-refractivity contribution in [1.82, 2.24) is 0 Å². The summed E-state index contributed by atoms with van der Waals surface area (Å²) in [4.78, 5) is 10.2. The van der Waals surface area contributed by atoms with E-state index >= 15 is 0 Å². The Hall–Kier alpha value is -0.850. The van der Waals surface area contributed by atoms with Crippen molar-refractivity contribution in [2.45, 2.75) is 51.0 Å². The fraction of sp³-hybridized carbons (Fsp3) is 0.938. The lowest BCUT2D eigenvalue weighted by Gasteiger charge is -2.05. The largest absolute Gasteiger partial charge is 0.481 e. The maximum absolute atomic E-state index is 10.2. The van der Waals surface area contributed by atoms with Crippen LogP contribution in [0.25, 0.3) is 0 Å². The Bertz CT molecular complexity index is 214. The molecule has 0 fully saturated rings. The highest BCUT2D eigenvalue weighted by atomic mass is 16.4. The summed E-state index contributed by atoms with van der Waals surface area (Å²) < 4.78 is 0. The van der Waals surface area contributed by atoms with E-state index in [1.54, 1.807) is 0 Å². The number of carboxylic acids is 1. The van der Waals surface area contributed by atoms with Crippen molar-refractivity contribution in [3.63, 3.8) is 0 Å². The van der Waals surface area contributed by atoms with Crippen molar-refractivity contribution in [2.75, 3.05) is 46.2 Å². The minimum Gasteiger partial charge on any atom is -0.481 e. The zero-order valence-corrected chi connectivity index (χ0v) is 15.4. The molecule has 9 N–H and O–H groups in total. The maximum Gasteiger partial charge on any atom is 0.303 e. The van der Waals surface area contributed by atoms with Gasteiger partial charge >= 0.3 is 5.97 Å². The van der Waals surface area contributed by atoms with Gasteiger partial charge in [0.25, 0.3) is 0 Å². The summed E-state index contributed by atoms with van der Waals surface area (Å²) in [5.41, 5.74) is 0. The number of carboxylic acid groups (broad SMARTS) is 1. The number of carbonyl (C=O) groups is 1. The van der Waals surface area contributed by atoms with E-state index in [1.807, 2.05) is 0 Å². The molecular formula is C16H38O10. The van der Waals surface area contributed by atoms with E-state index in [-0.39, 0.29) is 52.7 Å². The molecule has 0 aromatic heterocycles. The molecule has 1 unspecified atom stereocenters. The number of aliphatic hydroxyl groups excluding tert-OH is 8. The Kier molecular flexibility index (Phi) is 44.5. The summed E-state index contributed by atoms with van der Waals surface area (Å²) in [7, 11) is 0. The van der Waals surface area contributed by atoms with Crippen LogP contribution in [-0.2, 0) is 4.79 Å². The lowest BCUT2D eigenvalue weighted by Crippen LogP contribution is -2.10. The lowest BCUT2D eigenvalue weighted by atomic mass is 10.1. The maximum atomic E-state index is 10.2. The van der Waals surface area contributed by atoms with Crippen LogP contribution in [0, 0.1) is 0 Å². The van der Waals surface area contributed by atoms with E-state index < -0.39 is 12.1 Å². The molecule has 26 heavy (non-hydrogen) atoms. The Morgan fingerprint density at radius 2 is 0.962 bits per heavy atom. The van der Waals surface area contributed by atoms with Gasteiger partial charge in [-0.05, 0) is 12.8 Å². The average Bonchev–Trinajstić information content (AvgIpc) is 2.67. The van der Waals surface area contributed by atoms with Gasteiger partial charge in [-0.2, -0.15) is 0 Å². The van der Waals surface area contributed by atoms with Crippen LogP contribution in [0.1, 0.15) is 44.9 Å². The number of hydrogen-bond acceptors (Lipinski definition) is 9. The molecule has 0 saturated carbocycles. The van der Waals surface area contributed by atoms with E-state index in [4.69, 9.17) is 46.0 Å². The monoisotopic (exact) mass is 390 g/mol. The molecule has 0 spiro atoms. The zero-order valence-electron chi connectivity index (χ0n) is 15.4. The molecule has 0 amide bonds. The van der Waals surface area contributed by atoms with Crippen LogP contribution in [0.5, 0.6) is 0 Å². The minimum atomic E-state index is -0.735. The predicted octanol–water partition coefficient (Wildman–Crippen LogP) is -1.93. The quantitative estimate of drug-likeness (QED) is 0.169. The Morgan fingerprint density at radius 1 is 0.615 bits per heavy atom. The fourth-order valence-electron chi connectivity index (χ4n) is 1.28. The SMILES string of the molecule is O=C(O)CCCCCCCC(O)CO.OCCO.OCCO.OCCO. The second kappa shape index (κ2) is 35.3. The molecule has 0 heterocycles. The number of hydrogen-bond donors (Lipinski definition) is 9. The molecule has 0 aliphatic rings. The first-order chi connectivity index (χ1) is 12.4. The second-order valence-electron chi connectivity index (χ2n) is 4.88. The van der Waals surface area contributed by atoms with Crippen LogP contribution in [0.4, 0.5) is 0 Å². The highest BCUT2D eigenvalue weighted by Gasteiger charge is 2.01. The van der Waals surface area contributed by atoms with Crippen molar-refractivity contribution in [1.29, 1.82) is 0 Å². The van der Waals surface area contributed by atoms with E-state index in [9.17, 15) is 4.79 Å². The van der Waals surface area contributed by atoms with Gasteiger partial charge in [0.15, 0.2) is 0 Å². The van der Waals surface area contributed by atoms with Crippen molar-refractivity contribution in [2.24, 2.45) is 0 Å². The van der Waals surface area contributed by atoms with Gasteiger partial charge in [0.2, 0.25) is 0 Å². The number of rotatable bonds is 12. The highest BCUT2D eigenvalue weighted by Crippen LogP contribution is 2.08.